The van der Waals surface area contributed by atoms with Gasteiger partial charge in [0.25, 0.3) is 5.91 Å². The lowest BCUT2D eigenvalue weighted by molar-refractivity contribution is 0.0583. The number of nitrogens with zero attached hydrogens (tertiary/aromatic N) is 8. The standard InChI is InChI=1S/C24H30N6O4.C16H25N5O.C8H7NO4.ClH/c1-4-18-16(13-25-23(31)19-7-6-8-20(28-19)24(32)33-3)21(27-15-9-11-34-12-10-15)17-14-26-30(5-2)22(17)29-18;1-3-14-12(9-17)15(19-11-5-7-22-8-6-11)13-10-18-21(4-2)16(13)20-14;1-13-8(12)6-4-2-3-5(9-6)7(10)11;/h6-8,14-15H,4-5,9-13H2,1-3H3,(H,25,31)(H,27,29);10-11H,3-9,17H2,1-2H3,(H,19,20);2-4H,1H3,(H,10,11);1H. The fourth-order valence-electron chi connectivity index (χ4n) is 8.04. The highest BCUT2D eigenvalue weighted by Crippen LogP contribution is 2.32. The number of esters is 2. The molecule has 8 rings (SSSR count). The smallest absolute Gasteiger partial charge is 0.356 e. The van der Waals surface area contributed by atoms with Crippen molar-refractivity contribution in [2.75, 3.05) is 51.3 Å². The molecule has 6 aromatic rings. The number of fused-ring (bicyclic) bond motifs is 2. The number of halogens is 1. The number of carboxylic acid groups (broad SMARTS) is 1. The second kappa shape index (κ2) is 26.2. The van der Waals surface area contributed by atoms with Gasteiger partial charge in [-0.1, -0.05) is 26.0 Å². The van der Waals surface area contributed by atoms with Crippen LogP contribution in [0.3, 0.4) is 0 Å². The minimum absolute atomic E-state index is 0. The van der Waals surface area contributed by atoms with E-state index in [1.165, 1.54) is 38.5 Å². The first-order chi connectivity index (χ1) is 33.5. The van der Waals surface area contributed by atoms with Crippen molar-refractivity contribution < 1.29 is 43.2 Å². The molecule has 70 heavy (non-hydrogen) atoms. The van der Waals surface area contributed by atoms with E-state index in [1.807, 2.05) is 35.6 Å². The van der Waals surface area contributed by atoms with Gasteiger partial charge in [0.05, 0.1) is 48.8 Å². The summed E-state index contributed by atoms with van der Waals surface area (Å²) >= 11 is 0. The molecule has 2 saturated heterocycles. The molecule has 0 radical (unpaired) electrons. The molecule has 1 amide bonds. The lowest BCUT2D eigenvalue weighted by Gasteiger charge is -2.26. The Morgan fingerprint density at radius 3 is 1.53 bits per heavy atom. The van der Waals surface area contributed by atoms with Crippen LogP contribution in [-0.4, -0.2) is 121 Å². The number of rotatable bonds is 15. The molecule has 0 aliphatic carbocycles. The second-order valence-electron chi connectivity index (χ2n) is 16.0. The normalized spacial score (nSPS) is 13.8. The number of nitrogens with one attached hydrogen (secondary N) is 3. The first kappa shape index (κ1) is 54.1. The zero-order valence-corrected chi connectivity index (χ0v) is 41.3. The van der Waals surface area contributed by atoms with E-state index in [0.717, 1.165) is 121 Å². The number of amides is 1. The molecule has 0 spiro atoms. The van der Waals surface area contributed by atoms with E-state index in [4.69, 9.17) is 35.0 Å². The van der Waals surface area contributed by atoms with E-state index < -0.39 is 17.9 Å². The number of aryl methyl sites for hydroxylation is 4. The quantitative estimate of drug-likeness (QED) is 0.0764. The molecular formula is C48H63ClN12O9. The number of nitrogens with two attached hydrogens (primary N) is 1. The third kappa shape index (κ3) is 13.1. The Balaban J connectivity index is 0.000000217. The number of carbonyl (C=O) groups is 4. The number of hydrogen-bond donors (Lipinski definition) is 5. The maximum Gasteiger partial charge on any atom is 0.356 e. The molecule has 21 nitrogen and oxygen atoms in total. The van der Waals surface area contributed by atoms with Crippen LogP contribution in [0.2, 0.25) is 0 Å². The summed E-state index contributed by atoms with van der Waals surface area (Å²) < 4.78 is 23.9. The van der Waals surface area contributed by atoms with Gasteiger partial charge in [-0.05, 0) is 76.6 Å². The van der Waals surface area contributed by atoms with Gasteiger partial charge in [0.15, 0.2) is 11.3 Å². The highest BCUT2D eigenvalue weighted by atomic mass is 35.5. The number of aromatic carboxylic acids is 1. The molecule has 2 aliphatic rings. The zero-order chi connectivity index (χ0) is 49.5. The molecule has 0 unspecified atom stereocenters. The van der Waals surface area contributed by atoms with Crippen molar-refractivity contribution in [3.8, 4) is 0 Å². The van der Waals surface area contributed by atoms with E-state index in [1.54, 1.807) is 12.1 Å². The average Bonchev–Trinajstić information content (AvgIpc) is 4.02. The van der Waals surface area contributed by atoms with Crippen LogP contribution >= 0.6 is 12.4 Å². The molecule has 0 saturated carbocycles. The monoisotopic (exact) mass is 986 g/mol. The molecule has 8 heterocycles. The van der Waals surface area contributed by atoms with Gasteiger partial charge in [-0.2, -0.15) is 10.2 Å². The Morgan fingerprint density at radius 2 is 1.10 bits per heavy atom. The number of anilines is 2. The summed E-state index contributed by atoms with van der Waals surface area (Å²) in [5.74, 6) is -2.79. The number of methoxy groups -OCH3 is 2. The number of hydrogen-bond acceptors (Lipinski definition) is 17. The maximum absolute atomic E-state index is 12.9. The van der Waals surface area contributed by atoms with Crippen LogP contribution in [0.1, 0.15) is 118 Å². The third-order valence-electron chi connectivity index (χ3n) is 11.7. The van der Waals surface area contributed by atoms with E-state index in [0.29, 0.717) is 25.6 Å². The van der Waals surface area contributed by atoms with Gasteiger partial charge < -0.3 is 45.7 Å². The number of aromatic nitrogens is 8. The van der Waals surface area contributed by atoms with Gasteiger partial charge in [-0.25, -0.2) is 43.7 Å². The molecule has 0 bridgehead atoms. The number of carboxylic acids is 1. The van der Waals surface area contributed by atoms with E-state index in [9.17, 15) is 19.2 Å². The third-order valence-corrected chi connectivity index (χ3v) is 11.7. The minimum atomic E-state index is -1.18. The van der Waals surface area contributed by atoms with Crippen molar-refractivity contribution >= 4 is 69.7 Å². The Bertz CT molecular complexity index is 2730. The SMILES string of the molecule is CCc1nc2c(cnn2CC)c(NC2CCOCC2)c1CN.CCc1nc2c(cnn2CC)c(NC2CCOCC2)c1CNC(=O)c1cccc(C(=O)OC)n1.COC(=O)c1cccc(C(=O)O)n1.Cl. The molecule has 2 aliphatic heterocycles. The summed E-state index contributed by atoms with van der Waals surface area (Å²) in [5.41, 5.74) is 13.9. The number of carbonyl (C=O) groups excluding carboxylic acids is 3. The molecule has 22 heteroatoms. The van der Waals surface area contributed by atoms with Crippen molar-refractivity contribution in [2.45, 2.75) is 104 Å². The zero-order valence-electron chi connectivity index (χ0n) is 40.4. The minimum Gasteiger partial charge on any atom is -0.477 e. The van der Waals surface area contributed by atoms with Crippen LogP contribution in [-0.2, 0) is 58.0 Å². The fraction of sp³-hybridized carbons (Fsp3) is 0.458. The van der Waals surface area contributed by atoms with E-state index >= 15 is 0 Å². The highest BCUT2D eigenvalue weighted by Gasteiger charge is 2.24. The topological polar surface area (TPSA) is 275 Å². The lowest BCUT2D eigenvalue weighted by Crippen LogP contribution is -2.30. The molecule has 376 valence electrons. The summed E-state index contributed by atoms with van der Waals surface area (Å²) in [7, 11) is 2.48. The fourth-order valence-corrected chi connectivity index (χ4v) is 8.04. The Hall–Kier alpha value is -6.81. The molecular weight excluding hydrogens is 924 g/mol. The lowest BCUT2D eigenvalue weighted by atomic mass is 10.0. The average molecular weight is 988 g/mol. The molecule has 6 N–H and O–H groups in total. The Kier molecular flexibility index (Phi) is 20.3. The van der Waals surface area contributed by atoms with E-state index in [-0.39, 0.29) is 53.7 Å². The Labute approximate surface area is 412 Å². The summed E-state index contributed by atoms with van der Waals surface area (Å²) in [6, 6.07) is 9.50. The van der Waals surface area contributed by atoms with Gasteiger partial charge in [-0.15, -0.1) is 12.4 Å². The van der Waals surface area contributed by atoms with Crippen LogP contribution in [0, 0.1) is 0 Å². The first-order valence-electron chi connectivity index (χ1n) is 23.2. The van der Waals surface area contributed by atoms with Crippen LogP contribution in [0.4, 0.5) is 11.4 Å². The van der Waals surface area contributed by atoms with Gasteiger partial charge >= 0.3 is 17.9 Å². The summed E-state index contributed by atoms with van der Waals surface area (Å²) in [4.78, 5) is 63.4. The van der Waals surface area contributed by atoms with Gasteiger partial charge in [-0.3, -0.25) is 4.79 Å². The van der Waals surface area contributed by atoms with Crippen molar-refractivity contribution in [2.24, 2.45) is 5.73 Å². The van der Waals surface area contributed by atoms with Crippen LogP contribution in [0.25, 0.3) is 22.1 Å². The predicted molar refractivity (Wildman–Crippen MR) is 265 cm³/mol. The van der Waals surface area contributed by atoms with Crippen molar-refractivity contribution in [1.29, 1.82) is 0 Å². The van der Waals surface area contributed by atoms with Gasteiger partial charge in [0.1, 0.15) is 22.8 Å². The van der Waals surface area contributed by atoms with Crippen LogP contribution < -0.4 is 21.7 Å². The summed E-state index contributed by atoms with van der Waals surface area (Å²) in [6.07, 6.45) is 9.18. The number of pyridine rings is 4. The van der Waals surface area contributed by atoms with Gasteiger partial charge in [0, 0.05) is 87.2 Å². The van der Waals surface area contributed by atoms with E-state index in [2.05, 4.69) is 54.7 Å². The van der Waals surface area contributed by atoms with Gasteiger partial charge in [0.2, 0.25) is 0 Å². The Morgan fingerprint density at radius 1 is 0.671 bits per heavy atom. The van der Waals surface area contributed by atoms with Crippen molar-refractivity contribution in [3.05, 3.63) is 94.1 Å². The second-order valence-corrected chi connectivity index (χ2v) is 16.0. The maximum atomic E-state index is 12.9. The predicted octanol–water partition coefficient (Wildman–Crippen LogP) is 5.77. The summed E-state index contributed by atoms with van der Waals surface area (Å²) in [6.45, 7) is 13.7. The molecule has 6 aromatic heterocycles. The first-order valence-corrected chi connectivity index (χ1v) is 23.2. The summed E-state index contributed by atoms with van der Waals surface area (Å²) in [5, 5.41) is 29.9. The largest absolute Gasteiger partial charge is 0.477 e. The van der Waals surface area contributed by atoms with Crippen LogP contribution in [0.5, 0.6) is 0 Å². The molecule has 0 atom stereocenters. The van der Waals surface area contributed by atoms with Crippen molar-refractivity contribution in [3.63, 3.8) is 0 Å². The molecule has 0 aromatic carbocycles. The highest BCUT2D eigenvalue weighted by molar-refractivity contribution is 5.96. The number of ether oxygens (including phenoxy) is 4. The van der Waals surface area contributed by atoms with Crippen LogP contribution in [0.15, 0.2) is 48.8 Å². The van der Waals surface area contributed by atoms with Crippen molar-refractivity contribution in [1.82, 2.24) is 44.8 Å². The molecule has 2 fully saturated rings.